The van der Waals surface area contributed by atoms with Gasteiger partial charge in [-0.05, 0) is 111 Å². The molecule has 2 aromatic heterocycles. The summed E-state index contributed by atoms with van der Waals surface area (Å²) < 4.78 is 8.03. The molecule has 0 spiro atoms. The monoisotopic (exact) mass is 712 g/mol. The molecule has 9 rings (SSSR count). The molecule has 0 aliphatic heterocycles. The van der Waals surface area contributed by atoms with Gasteiger partial charge in [-0.15, -0.1) is 11.3 Å². The zero-order valence-electron chi connectivity index (χ0n) is 31.0. The molecule has 2 heterocycles. The number of thiophene rings is 1. The average Bonchev–Trinajstić information content (AvgIpc) is 3.76. The highest BCUT2D eigenvalue weighted by molar-refractivity contribution is 7.21. The van der Waals surface area contributed by atoms with Crippen molar-refractivity contribution >= 4 is 83.1 Å². The third kappa shape index (κ3) is 5.54. The SMILES string of the molecule is C/C=C\c1sc2c3ccccc3c3c4cc(-c5ccc(-c6ccccccc(-c7cccc8ccccc78)c(=C/C)/c6=C\C)cc5)ccc4oc3c2c1C. The van der Waals surface area contributed by atoms with E-state index in [0.29, 0.717) is 0 Å². The predicted octanol–water partition coefficient (Wildman–Crippen LogP) is 14.2. The summed E-state index contributed by atoms with van der Waals surface area (Å²) in [5, 5.41) is 11.0. The summed E-state index contributed by atoms with van der Waals surface area (Å²) in [5.41, 5.74) is 10.3. The van der Waals surface area contributed by atoms with E-state index in [1.54, 1.807) is 0 Å². The van der Waals surface area contributed by atoms with Crippen molar-refractivity contribution in [1.29, 1.82) is 0 Å². The Bertz CT molecular complexity index is 3130. The van der Waals surface area contributed by atoms with Gasteiger partial charge in [-0.1, -0.05) is 152 Å². The molecule has 0 atom stereocenters. The maximum Gasteiger partial charge on any atom is 0.145 e. The molecule has 0 saturated heterocycles. The first kappa shape index (κ1) is 33.6. The molecule has 1 nitrogen and oxygen atoms in total. The van der Waals surface area contributed by atoms with E-state index in [0.717, 1.165) is 16.6 Å². The van der Waals surface area contributed by atoms with Crippen LogP contribution in [0.1, 0.15) is 31.2 Å². The lowest BCUT2D eigenvalue weighted by molar-refractivity contribution is 0.673. The summed E-state index contributed by atoms with van der Waals surface area (Å²) in [5.74, 6) is 0. The van der Waals surface area contributed by atoms with Gasteiger partial charge in [0, 0.05) is 31.1 Å². The average molecular weight is 713 g/mol. The summed E-state index contributed by atoms with van der Waals surface area (Å²) in [7, 11) is 0. The highest BCUT2D eigenvalue weighted by atomic mass is 32.1. The summed E-state index contributed by atoms with van der Waals surface area (Å²) >= 11 is 1.85. The zero-order valence-corrected chi connectivity index (χ0v) is 31.8. The van der Waals surface area contributed by atoms with E-state index in [1.165, 1.54) is 91.3 Å². The lowest BCUT2D eigenvalue weighted by atomic mass is 9.94. The number of rotatable bonds is 4. The van der Waals surface area contributed by atoms with Crippen molar-refractivity contribution in [2.45, 2.75) is 27.7 Å². The fraction of sp³-hybridized carbons (Fsp3) is 0.0769. The lowest BCUT2D eigenvalue weighted by Crippen LogP contribution is -2.27. The molecule has 260 valence electrons. The van der Waals surface area contributed by atoms with Crippen molar-refractivity contribution in [3.63, 3.8) is 0 Å². The first-order chi connectivity index (χ1) is 26.6. The van der Waals surface area contributed by atoms with E-state index < -0.39 is 0 Å². The molecule has 2 heteroatoms. The molecule has 0 radical (unpaired) electrons. The Morgan fingerprint density at radius 1 is 0.500 bits per heavy atom. The second-order valence-electron chi connectivity index (χ2n) is 13.8. The van der Waals surface area contributed by atoms with Crippen LogP contribution in [-0.2, 0) is 0 Å². The van der Waals surface area contributed by atoms with Gasteiger partial charge in [0.25, 0.3) is 0 Å². The smallest absolute Gasteiger partial charge is 0.145 e. The van der Waals surface area contributed by atoms with E-state index in [4.69, 9.17) is 4.42 Å². The van der Waals surface area contributed by atoms with Crippen molar-refractivity contribution in [1.82, 2.24) is 0 Å². The van der Waals surface area contributed by atoms with E-state index in [1.807, 2.05) is 11.3 Å². The van der Waals surface area contributed by atoms with Gasteiger partial charge in [0.2, 0.25) is 0 Å². The summed E-state index contributed by atoms with van der Waals surface area (Å²) in [6, 6.07) is 52.7. The van der Waals surface area contributed by atoms with Gasteiger partial charge >= 0.3 is 0 Å². The molecular formula is C52H40OS. The Hall–Kier alpha value is -6.22. The molecule has 54 heavy (non-hydrogen) atoms. The van der Waals surface area contributed by atoms with Crippen LogP contribution < -0.4 is 10.4 Å². The second kappa shape index (κ2) is 14.0. The fourth-order valence-corrected chi connectivity index (χ4v) is 9.55. The van der Waals surface area contributed by atoms with Crippen molar-refractivity contribution < 1.29 is 4.42 Å². The second-order valence-corrected chi connectivity index (χ2v) is 14.8. The molecule has 9 aromatic rings. The van der Waals surface area contributed by atoms with Crippen LogP contribution in [0.2, 0.25) is 0 Å². The Morgan fingerprint density at radius 3 is 1.87 bits per heavy atom. The fourth-order valence-electron chi connectivity index (χ4n) is 8.24. The summed E-state index contributed by atoms with van der Waals surface area (Å²) in [6.45, 7) is 8.60. The Morgan fingerprint density at radius 2 is 1.11 bits per heavy atom. The molecule has 0 N–H and O–H groups in total. The number of hydrogen-bond acceptors (Lipinski definition) is 2. The third-order valence-electron chi connectivity index (χ3n) is 10.8. The molecular weight excluding hydrogens is 673 g/mol. The van der Waals surface area contributed by atoms with Crippen LogP contribution in [0, 0.1) is 6.92 Å². The Kier molecular flexibility index (Phi) is 8.69. The number of aryl methyl sites for hydroxylation is 1. The number of furan rings is 1. The minimum absolute atomic E-state index is 0.917. The van der Waals surface area contributed by atoms with E-state index >= 15 is 0 Å². The maximum atomic E-state index is 6.73. The molecule has 0 aliphatic carbocycles. The van der Waals surface area contributed by atoms with Crippen LogP contribution in [0.4, 0.5) is 0 Å². The largest absolute Gasteiger partial charge is 0.455 e. The highest BCUT2D eigenvalue weighted by Gasteiger charge is 2.20. The van der Waals surface area contributed by atoms with Crippen molar-refractivity contribution in [3.05, 3.63) is 173 Å². The predicted molar refractivity (Wildman–Crippen MR) is 237 cm³/mol. The molecule has 0 saturated carbocycles. The van der Waals surface area contributed by atoms with E-state index in [-0.39, 0.29) is 0 Å². The van der Waals surface area contributed by atoms with E-state index in [9.17, 15) is 0 Å². The molecule has 0 unspecified atom stereocenters. The van der Waals surface area contributed by atoms with Crippen molar-refractivity contribution in [2.24, 2.45) is 0 Å². The zero-order chi connectivity index (χ0) is 36.8. The standard InChI is InChI=1S/C52H40OS/c1-5-17-48-33(4)49-51-50(44-23-14-15-24-45(44)52(49)54-48)46-32-37(30-31-47(46)53-51)34-26-28-36(29-27-34)40-20-10-8-9-11-22-42(39(7-3)38(40)6-2)43-25-16-19-35-18-12-13-21-41(35)43/h5-32H,1-4H3/b10-8?,11-9?,17-5-,38-6+,39-7+,40-20?,42-22?. The third-order valence-corrected chi connectivity index (χ3v) is 12.1. The van der Waals surface area contributed by atoms with Gasteiger partial charge in [0.15, 0.2) is 0 Å². The van der Waals surface area contributed by atoms with Crippen LogP contribution in [-0.4, -0.2) is 0 Å². The van der Waals surface area contributed by atoms with Gasteiger partial charge < -0.3 is 4.42 Å². The molecule has 0 bridgehead atoms. The minimum Gasteiger partial charge on any atom is -0.455 e. The van der Waals surface area contributed by atoms with Crippen molar-refractivity contribution in [2.75, 3.05) is 0 Å². The van der Waals surface area contributed by atoms with Gasteiger partial charge in [-0.25, -0.2) is 0 Å². The first-order valence-corrected chi connectivity index (χ1v) is 19.5. The topological polar surface area (TPSA) is 13.1 Å². The first-order valence-electron chi connectivity index (χ1n) is 18.7. The Balaban J connectivity index is 1.21. The van der Waals surface area contributed by atoms with Crippen LogP contribution in [0.5, 0.6) is 0 Å². The van der Waals surface area contributed by atoms with Gasteiger partial charge in [0.1, 0.15) is 11.2 Å². The number of hydrogen-bond donors (Lipinski definition) is 0. The number of benzene rings is 6. The Labute approximate surface area is 319 Å². The van der Waals surface area contributed by atoms with Crippen LogP contribution >= 0.6 is 11.3 Å². The van der Waals surface area contributed by atoms with Gasteiger partial charge in [-0.2, -0.15) is 0 Å². The summed E-state index contributed by atoms with van der Waals surface area (Å²) in [4.78, 5) is 1.28. The van der Waals surface area contributed by atoms with Gasteiger partial charge in [-0.3, -0.25) is 0 Å². The maximum absolute atomic E-state index is 6.73. The van der Waals surface area contributed by atoms with Crippen LogP contribution in [0.25, 0.3) is 105 Å². The molecule has 7 aromatic carbocycles. The normalized spacial score (nSPS) is 12.6. The van der Waals surface area contributed by atoms with Crippen LogP contribution in [0.3, 0.4) is 0 Å². The minimum atomic E-state index is 0.917. The van der Waals surface area contributed by atoms with Gasteiger partial charge in [0.05, 0.1) is 0 Å². The van der Waals surface area contributed by atoms with E-state index in [2.05, 4.69) is 198 Å². The highest BCUT2D eigenvalue weighted by Crippen LogP contribution is 2.46. The molecule has 0 amide bonds. The van der Waals surface area contributed by atoms with Crippen LogP contribution in [0.15, 0.2) is 156 Å². The molecule has 0 fully saturated rings. The number of allylic oxidation sites excluding steroid dienone is 1. The van der Waals surface area contributed by atoms with Crippen molar-refractivity contribution in [3.8, 4) is 33.4 Å². The molecule has 0 aliphatic rings. The lowest BCUT2D eigenvalue weighted by Gasteiger charge is -2.10. The summed E-state index contributed by atoms with van der Waals surface area (Å²) in [6.07, 6.45) is 8.85. The number of fused-ring (bicyclic) bond motifs is 9. The quantitative estimate of drug-likeness (QED) is 0.177.